The molecule has 0 spiro atoms. The maximum absolute atomic E-state index is 12.8. The molecule has 0 aliphatic heterocycles. The van der Waals surface area contributed by atoms with Gasteiger partial charge in [0, 0.05) is 0 Å². The van der Waals surface area contributed by atoms with Crippen molar-refractivity contribution in [2.45, 2.75) is 76.4 Å². The van der Waals surface area contributed by atoms with Gasteiger partial charge in [-0.05, 0) is 62.1 Å². The summed E-state index contributed by atoms with van der Waals surface area (Å²) in [6.45, 7) is 2.00. The van der Waals surface area contributed by atoms with E-state index in [0.717, 1.165) is 31.4 Å². The summed E-state index contributed by atoms with van der Waals surface area (Å²) in [6, 6.07) is 4.55. The topological polar surface area (TPSA) is 69.9 Å². The molecule has 1 aliphatic carbocycles. The van der Waals surface area contributed by atoms with E-state index in [4.69, 9.17) is 4.74 Å². The molecule has 1 aromatic rings. The zero-order chi connectivity index (χ0) is 22.1. The van der Waals surface area contributed by atoms with E-state index in [2.05, 4.69) is 19.1 Å². The van der Waals surface area contributed by atoms with E-state index in [1.807, 2.05) is 0 Å². The van der Waals surface area contributed by atoms with Gasteiger partial charge in [-0.25, -0.2) is 0 Å². The highest BCUT2D eigenvalue weighted by Crippen LogP contribution is 2.38. The molecule has 1 aromatic carbocycles. The van der Waals surface area contributed by atoms with Crippen LogP contribution >= 0.6 is 0 Å². The van der Waals surface area contributed by atoms with Gasteiger partial charge in [0.05, 0.1) is 23.9 Å². The monoisotopic (exact) mass is 430 g/mol. The maximum atomic E-state index is 12.8. The lowest BCUT2D eigenvalue weighted by atomic mass is 9.86. The minimum atomic E-state index is -4.45. The molecule has 0 saturated heterocycles. The van der Waals surface area contributed by atoms with Crippen molar-refractivity contribution in [3.63, 3.8) is 0 Å². The van der Waals surface area contributed by atoms with Gasteiger partial charge in [-0.1, -0.05) is 38.0 Å². The van der Waals surface area contributed by atoms with Gasteiger partial charge in [-0.15, -0.1) is 0 Å². The lowest BCUT2D eigenvalue weighted by molar-refractivity contribution is -0.137. The van der Waals surface area contributed by atoms with Crippen LogP contribution in [0.3, 0.4) is 0 Å². The van der Waals surface area contributed by atoms with Crippen molar-refractivity contribution in [1.29, 1.82) is 0 Å². The standard InChI is InChI=1S/C23H33F3O4/c1-2-3-4-5-6-10-19-20(22(29)14-21(19)28)12-11-17(27)15-30-18-9-7-8-16(13-18)23(24,25)26/h5-9,13,17,19-22,27-29H,2-4,10-12,14-15H2,1H3/b6-5-/t17-,19-,20-,21+,22-/m1/s1. The predicted octanol–water partition coefficient (Wildman–Crippen LogP) is 4.72. The van der Waals surface area contributed by atoms with Crippen LogP contribution in [-0.2, 0) is 6.18 Å². The van der Waals surface area contributed by atoms with Crippen molar-refractivity contribution in [1.82, 2.24) is 0 Å². The lowest BCUT2D eigenvalue weighted by Crippen LogP contribution is -2.25. The van der Waals surface area contributed by atoms with Crippen LogP contribution in [0.25, 0.3) is 0 Å². The van der Waals surface area contributed by atoms with Crippen LogP contribution in [0.15, 0.2) is 36.4 Å². The molecule has 1 fully saturated rings. The lowest BCUT2D eigenvalue weighted by Gasteiger charge is -2.23. The van der Waals surface area contributed by atoms with Gasteiger partial charge in [-0.2, -0.15) is 13.2 Å². The molecule has 0 bridgehead atoms. The number of benzene rings is 1. The van der Waals surface area contributed by atoms with Gasteiger partial charge in [0.1, 0.15) is 12.4 Å². The molecule has 30 heavy (non-hydrogen) atoms. The van der Waals surface area contributed by atoms with Gasteiger partial charge < -0.3 is 20.1 Å². The number of rotatable bonds is 11. The zero-order valence-electron chi connectivity index (χ0n) is 17.4. The van der Waals surface area contributed by atoms with Gasteiger partial charge >= 0.3 is 6.18 Å². The largest absolute Gasteiger partial charge is 0.491 e. The van der Waals surface area contributed by atoms with Gasteiger partial charge in [-0.3, -0.25) is 0 Å². The number of aliphatic hydroxyl groups excluding tert-OH is 3. The first kappa shape index (κ1) is 24.7. The molecule has 0 unspecified atom stereocenters. The maximum Gasteiger partial charge on any atom is 0.416 e. The third-order valence-electron chi connectivity index (χ3n) is 5.76. The normalized spacial score (nSPS) is 25.7. The minimum absolute atomic E-state index is 0.0512. The average molecular weight is 431 g/mol. The van der Waals surface area contributed by atoms with E-state index in [1.165, 1.54) is 12.1 Å². The first-order chi connectivity index (χ1) is 14.2. The summed E-state index contributed by atoms with van der Waals surface area (Å²) in [4.78, 5) is 0. The molecule has 1 aliphatic rings. The van der Waals surface area contributed by atoms with E-state index >= 15 is 0 Å². The summed E-state index contributed by atoms with van der Waals surface area (Å²) in [6.07, 6.45) is 2.76. The number of aliphatic hydroxyl groups is 3. The molecular weight excluding hydrogens is 397 g/mol. The Morgan fingerprint density at radius 3 is 2.60 bits per heavy atom. The Hall–Kier alpha value is -1.57. The van der Waals surface area contributed by atoms with Gasteiger partial charge in [0.15, 0.2) is 0 Å². The van der Waals surface area contributed by atoms with E-state index in [9.17, 15) is 28.5 Å². The van der Waals surface area contributed by atoms with Crippen LogP contribution in [0, 0.1) is 11.8 Å². The highest BCUT2D eigenvalue weighted by atomic mass is 19.4. The fraction of sp³-hybridized carbons (Fsp3) is 0.652. The summed E-state index contributed by atoms with van der Waals surface area (Å²) < 4.78 is 43.6. The zero-order valence-corrected chi connectivity index (χ0v) is 17.4. The highest BCUT2D eigenvalue weighted by molar-refractivity contribution is 5.30. The van der Waals surface area contributed by atoms with Crippen LogP contribution in [0.2, 0.25) is 0 Å². The molecule has 0 heterocycles. The van der Waals surface area contributed by atoms with E-state index in [1.54, 1.807) is 0 Å². The van der Waals surface area contributed by atoms with Crippen LogP contribution in [-0.4, -0.2) is 40.2 Å². The summed E-state index contributed by atoms with van der Waals surface area (Å²) in [5.74, 6) is -0.135. The summed E-state index contributed by atoms with van der Waals surface area (Å²) in [7, 11) is 0. The molecule has 2 rings (SSSR count). The summed E-state index contributed by atoms with van der Waals surface area (Å²) in [5.41, 5.74) is -0.799. The van der Waals surface area contributed by atoms with Crippen molar-refractivity contribution in [2.24, 2.45) is 11.8 Å². The number of allylic oxidation sites excluding steroid dienone is 2. The first-order valence-corrected chi connectivity index (χ1v) is 10.7. The third-order valence-corrected chi connectivity index (χ3v) is 5.76. The second-order valence-electron chi connectivity index (χ2n) is 8.12. The molecule has 3 N–H and O–H groups in total. The van der Waals surface area contributed by atoms with Crippen LogP contribution in [0.1, 0.15) is 57.4 Å². The Morgan fingerprint density at radius 1 is 1.17 bits per heavy atom. The van der Waals surface area contributed by atoms with Crippen molar-refractivity contribution in [3.8, 4) is 5.75 Å². The highest BCUT2D eigenvalue weighted by Gasteiger charge is 2.40. The molecular formula is C23H33F3O4. The summed E-state index contributed by atoms with van der Waals surface area (Å²) in [5, 5.41) is 30.8. The molecule has 0 aromatic heterocycles. The number of hydrogen-bond acceptors (Lipinski definition) is 4. The molecule has 170 valence electrons. The molecule has 5 atom stereocenters. The SMILES string of the molecule is CCCC/C=C\C[C@@H]1[C@@H](CC[C@@H](O)COc2cccc(C(F)(F)F)c2)[C@H](O)C[C@@H]1O. The van der Waals surface area contributed by atoms with Crippen molar-refractivity contribution in [3.05, 3.63) is 42.0 Å². The fourth-order valence-electron chi connectivity index (χ4n) is 4.02. The van der Waals surface area contributed by atoms with E-state index in [-0.39, 0.29) is 24.2 Å². The van der Waals surface area contributed by atoms with Crippen LogP contribution < -0.4 is 4.74 Å². The number of hydrogen-bond donors (Lipinski definition) is 3. The third kappa shape index (κ3) is 7.60. The average Bonchev–Trinajstić information content (AvgIpc) is 2.96. The predicted molar refractivity (Wildman–Crippen MR) is 109 cm³/mol. The van der Waals surface area contributed by atoms with Gasteiger partial charge in [0.25, 0.3) is 0 Å². The number of alkyl halides is 3. The number of ether oxygens (including phenoxy) is 1. The Bertz CT molecular complexity index is 662. The second kappa shape index (κ2) is 11.7. The van der Waals surface area contributed by atoms with Crippen LogP contribution in [0.5, 0.6) is 5.75 Å². The van der Waals surface area contributed by atoms with Crippen LogP contribution in [0.4, 0.5) is 13.2 Å². The fourth-order valence-corrected chi connectivity index (χ4v) is 4.02. The minimum Gasteiger partial charge on any atom is -0.491 e. The van der Waals surface area contributed by atoms with E-state index in [0.29, 0.717) is 25.7 Å². The van der Waals surface area contributed by atoms with Crippen molar-refractivity contribution in [2.75, 3.05) is 6.61 Å². The molecule has 0 amide bonds. The Labute approximate surface area is 176 Å². The Morgan fingerprint density at radius 2 is 1.90 bits per heavy atom. The smallest absolute Gasteiger partial charge is 0.416 e. The quantitative estimate of drug-likeness (QED) is 0.351. The van der Waals surface area contributed by atoms with Crippen molar-refractivity contribution >= 4 is 0 Å². The Kier molecular flexibility index (Phi) is 9.65. The van der Waals surface area contributed by atoms with Gasteiger partial charge in [0.2, 0.25) is 0 Å². The molecule has 4 nitrogen and oxygen atoms in total. The molecule has 7 heteroatoms. The Balaban J connectivity index is 1.82. The van der Waals surface area contributed by atoms with E-state index < -0.39 is 30.1 Å². The second-order valence-corrected chi connectivity index (χ2v) is 8.12. The summed E-state index contributed by atoms with van der Waals surface area (Å²) >= 11 is 0. The number of unbranched alkanes of at least 4 members (excludes halogenated alkanes) is 2. The van der Waals surface area contributed by atoms with Crippen molar-refractivity contribution < 1.29 is 33.2 Å². The molecule has 1 saturated carbocycles. The number of halogens is 3. The molecule has 0 radical (unpaired) electrons. The first-order valence-electron chi connectivity index (χ1n) is 10.7.